The highest BCUT2D eigenvalue weighted by Crippen LogP contribution is 2.10. The molecule has 0 spiro atoms. The fourth-order valence-corrected chi connectivity index (χ4v) is 2.39. The van der Waals surface area contributed by atoms with E-state index in [4.69, 9.17) is 14.2 Å². The topological polar surface area (TPSA) is 27.7 Å². The van der Waals surface area contributed by atoms with Crippen molar-refractivity contribution in [3.05, 3.63) is 6.92 Å². The van der Waals surface area contributed by atoms with Crippen molar-refractivity contribution in [2.45, 2.75) is 104 Å². The number of unbranched alkanes of at least 4 members (excludes halogenated alkanes) is 8. The molecule has 0 aliphatic carbocycles. The molecule has 3 atom stereocenters. The molecule has 0 aromatic rings. The Morgan fingerprint density at radius 1 is 0.652 bits per heavy atom. The molecule has 0 bridgehead atoms. The summed E-state index contributed by atoms with van der Waals surface area (Å²) in [7, 11) is 0. The quantitative estimate of drug-likeness (QED) is 0.327. The molecule has 0 aromatic carbocycles. The Morgan fingerprint density at radius 2 is 1.13 bits per heavy atom. The molecule has 0 N–H and O–H groups in total. The van der Waals surface area contributed by atoms with Crippen LogP contribution < -0.4 is 0 Å². The minimum atomic E-state index is 0.0152. The number of hydrogen-bond donors (Lipinski definition) is 0. The summed E-state index contributed by atoms with van der Waals surface area (Å²) in [5.74, 6) is 0. The van der Waals surface area contributed by atoms with E-state index < -0.39 is 0 Å². The van der Waals surface area contributed by atoms with Crippen molar-refractivity contribution in [1.29, 1.82) is 0 Å². The third-order valence-corrected chi connectivity index (χ3v) is 3.88. The lowest BCUT2D eigenvalue weighted by Gasteiger charge is -2.18. The maximum Gasteiger partial charge on any atom is 0.0781 e. The summed E-state index contributed by atoms with van der Waals surface area (Å²) in [5, 5.41) is 0. The van der Waals surface area contributed by atoms with Crippen LogP contribution in [0.3, 0.4) is 0 Å². The van der Waals surface area contributed by atoms with E-state index in [0.717, 1.165) is 13.0 Å². The minimum Gasteiger partial charge on any atom is -0.376 e. The summed E-state index contributed by atoms with van der Waals surface area (Å²) in [6.07, 6.45) is 12.4. The van der Waals surface area contributed by atoms with Crippen LogP contribution in [0.4, 0.5) is 0 Å². The van der Waals surface area contributed by atoms with E-state index in [1.54, 1.807) is 0 Å². The van der Waals surface area contributed by atoms with Crippen molar-refractivity contribution < 1.29 is 14.2 Å². The fourth-order valence-electron chi connectivity index (χ4n) is 2.39. The number of rotatable bonds is 17. The van der Waals surface area contributed by atoms with Gasteiger partial charge in [0.15, 0.2) is 0 Å². The summed E-state index contributed by atoms with van der Waals surface area (Å²) in [5.41, 5.74) is 0. The van der Waals surface area contributed by atoms with Crippen LogP contribution in [0.5, 0.6) is 0 Å². The molecule has 0 aliphatic heterocycles. The Labute approximate surface area is 145 Å². The van der Waals surface area contributed by atoms with Gasteiger partial charge in [-0.2, -0.15) is 0 Å². The maximum absolute atomic E-state index is 5.80. The molecule has 3 unspecified atom stereocenters. The molecule has 139 valence electrons. The van der Waals surface area contributed by atoms with Crippen LogP contribution in [0.25, 0.3) is 0 Å². The summed E-state index contributed by atoms with van der Waals surface area (Å²) in [6.45, 7) is 14.2. The second-order valence-corrected chi connectivity index (χ2v) is 6.80. The van der Waals surface area contributed by atoms with Crippen molar-refractivity contribution in [3.63, 3.8) is 0 Å². The summed E-state index contributed by atoms with van der Waals surface area (Å²) >= 11 is 0. The van der Waals surface area contributed by atoms with Crippen molar-refractivity contribution in [2.24, 2.45) is 0 Å². The monoisotopic (exact) mass is 329 g/mol. The second-order valence-electron chi connectivity index (χ2n) is 6.80. The highest BCUT2D eigenvalue weighted by atomic mass is 16.6. The fraction of sp³-hybridized carbons (Fsp3) is 0.950. The molecule has 0 saturated heterocycles. The third-order valence-electron chi connectivity index (χ3n) is 3.88. The van der Waals surface area contributed by atoms with Gasteiger partial charge in [-0.15, -0.1) is 0 Å². The lowest BCUT2D eigenvalue weighted by Crippen LogP contribution is -2.24. The zero-order chi connectivity index (χ0) is 17.3. The molecule has 0 amide bonds. The van der Waals surface area contributed by atoms with Crippen molar-refractivity contribution in [1.82, 2.24) is 0 Å². The minimum absolute atomic E-state index is 0.0152. The van der Waals surface area contributed by atoms with Crippen LogP contribution in [-0.4, -0.2) is 38.1 Å². The van der Waals surface area contributed by atoms with Gasteiger partial charge in [-0.05, 0) is 34.1 Å². The predicted molar refractivity (Wildman–Crippen MR) is 98.8 cm³/mol. The van der Waals surface area contributed by atoms with E-state index in [1.165, 1.54) is 51.4 Å². The van der Waals surface area contributed by atoms with Gasteiger partial charge in [0.05, 0.1) is 31.5 Å². The van der Waals surface area contributed by atoms with Gasteiger partial charge in [0, 0.05) is 6.61 Å². The Kier molecular flexibility index (Phi) is 16.6. The van der Waals surface area contributed by atoms with Gasteiger partial charge in [-0.3, -0.25) is 0 Å². The largest absolute Gasteiger partial charge is 0.376 e. The first-order valence-corrected chi connectivity index (χ1v) is 9.74. The Balaban J connectivity index is 3.28. The summed E-state index contributed by atoms with van der Waals surface area (Å²) in [4.78, 5) is 0. The van der Waals surface area contributed by atoms with Gasteiger partial charge in [-0.1, -0.05) is 58.3 Å². The average molecular weight is 330 g/mol. The van der Waals surface area contributed by atoms with Gasteiger partial charge >= 0.3 is 0 Å². The molecular weight excluding hydrogens is 288 g/mol. The predicted octanol–water partition coefficient (Wildman–Crippen LogP) is 5.57. The molecule has 0 heterocycles. The van der Waals surface area contributed by atoms with Crippen molar-refractivity contribution in [3.8, 4) is 0 Å². The SMILES string of the molecule is [CH2]C(C)OCC(C)OCC(C)OCCCCCCCCCCC. The van der Waals surface area contributed by atoms with Gasteiger partial charge in [0.25, 0.3) is 0 Å². The van der Waals surface area contributed by atoms with E-state index in [0.29, 0.717) is 13.2 Å². The third kappa shape index (κ3) is 18.1. The number of hydrogen-bond acceptors (Lipinski definition) is 3. The number of ether oxygens (including phenoxy) is 3. The molecule has 23 heavy (non-hydrogen) atoms. The Morgan fingerprint density at radius 3 is 1.70 bits per heavy atom. The van der Waals surface area contributed by atoms with E-state index in [1.807, 2.05) is 13.8 Å². The molecule has 0 aromatic heterocycles. The Hall–Kier alpha value is -0.120. The van der Waals surface area contributed by atoms with Gasteiger partial charge in [-0.25, -0.2) is 0 Å². The van der Waals surface area contributed by atoms with E-state index >= 15 is 0 Å². The van der Waals surface area contributed by atoms with Crippen molar-refractivity contribution in [2.75, 3.05) is 19.8 Å². The molecule has 0 aliphatic rings. The van der Waals surface area contributed by atoms with Crippen LogP contribution in [-0.2, 0) is 14.2 Å². The van der Waals surface area contributed by atoms with E-state index in [-0.39, 0.29) is 18.3 Å². The van der Waals surface area contributed by atoms with Crippen LogP contribution >= 0.6 is 0 Å². The van der Waals surface area contributed by atoms with Gasteiger partial charge < -0.3 is 14.2 Å². The zero-order valence-corrected chi connectivity index (χ0v) is 16.1. The van der Waals surface area contributed by atoms with Crippen LogP contribution in [0.15, 0.2) is 0 Å². The summed E-state index contributed by atoms with van der Waals surface area (Å²) < 4.78 is 16.9. The van der Waals surface area contributed by atoms with E-state index in [2.05, 4.69) is 20.8 Å². The highest BCUT2D eigenvalue weighted by Gasteiger charge is 2.08. The molecule has 1 radical (unpaired) electrons. The van der Waals surface area contributed by atoms with Crippen molar-refractivity contribution >= 4 is 0 Å². The standard InChI is InChI=1S/C20H41O3/c1-6-7-8-9-10-11-12-13-14-15-21-19(4)17-23-20(5)16-22-18(2)3/h18-20H,2,6-17H2,1,3-5H3. The maximum atomic E-state index is 5.80. The second kappa shape index (κ2) is 16.7. The Bertz CT molecular complexity index is 231. The first kappa shape index (κ1) is 22.9. The van der Waals surface area contributed by atoms with Crippen LogP contribution in [0.1, 0.15) is 85.5 Å². The highest BCUT2D eigenvalue weighted by molar-refractivity contribution is 4.56. The molecule has 0 rings (SSSR count). The van der Waals surface area contributed by atoms with Gasteiger partial charge in [0.1, 0.15) is 0 Å². The zero-order valence-electron chi connectivity index (χ0n) is 16.1. The van der Waals surface area contributed by atoms with Gasteiger partial charge in [0.2, 0.25) is 0 Å². The molecule has 0 saturated carbocycles. The summed E-state index contributed by atoms with van der Waals surface area (Å²) in [6, 6.07) is 0. The molecular formula is C20H41O3. The molecule has 0 fully saturated rings. The first-order valence-electron chi connectivity index (χ1n) is 9.74. The lowest BCUT2D eigenvalue weighted by atomic mass is 10.1. The van der Waals surface area contributed by atoms with Crippen LogP contribution in [0, 0.1) is 6.92 Å². The van der Waals surface area contributed by atoms with Crippen LogP contribution in [0.2, 0.25) is 0 Å². The normalized spacial score (nSPS) is 14.3. The van der Waals surface area contributed by atoms with E-state index in [9.17, 15) is 0 Å². The smallest absolute Gasteiger partial charge is 0.0781 e. The average Bonchev–Trinajstić information content (AvgIpc) is 2.52. The lowest BCUT2D eigenvalue weighted by molar-refractivity contribution is -0.0631. The molecule has 3 nitrogen and oxygen atoms in total. The first-order chi connectivity index (χ1) is 11.1. The molecule has 3 heteroatoms.